The Balaban J connectivity index is 1.74. The van der Waals surface area contributed by atoms with Gasteiger partial charge >= 0.3 is 0 Å². The highest BCUT2D eigenvalue weighted by Crippen LogP contribution is 2.17. The molecule has 4 N–H and O–H groups in total. The van der Waals surface area contributed by atoms with Crippen molar-refractivity contribution in [1.82, 2.24) is 9.97 Å². The third-order valence-electron chi connectivity index (χ3n) is 3.05. The number of benzene rings is 2. The van der Waals surface area contributed by atoms with Crippen molar-refractivity contribution < 1.29 is 0 Å². The highest BCUT2D eigenvalue weighted by molar-refractivity contribution is 5.80. The van der Waals surface area contributed by atoms with Gasteiger partial charge in [-0.2, -0.15) is 5.26 Å². The van der Waals surface area contributed by atoms with E-state index in [0.29, 0.717) is 23.7 Å². The number of anilines is 2. The highest BCUT2D eigenvalue weighted by atomic mass is 15.1. The molecule has 0 bridgehead atoms. The molecule has 0 saturated heterocycles. The number of aromatic amines is 1. The molecule has 0 aliphatic heterocycles. The summed E-state index contributed by atoms with van der Waals surface area (Å²) >= 11 is 0. The molecular weight excluding hydrogens is 250 g/mol. The third-order valence-corrected chi connectivity index (χ3v) is 3.05. The average Bonchev–Trinajstić information content (AvgIpc) is 2.87. The van der Waals surface area contributed by atoms with Crippen molar-refractivity contribution in [3.8, 4) is 6.07 Å². The van der Waals surface area contributed by atoms with Gasteiger partial charge in [-0.1, -0.05) is 12.1 Å². The zero-order chi connectivity index (χ0) is 13.9. The second-order valence-corrected chi connectivity index (χ2v) is 4.52. The second kappa shape index (κ2) is 4.94. The van der Waals surface area contributed by atoms with Gasteiger partial charge in [-0.15, -0.1) is 0 Å². The van der Waals surface area contributed by atoms with Gasteiger partial charge in [-0.05, 0) is 35.9 Å². The summed E-state index contributed by atoms with van der Waals surface area (Å²) in [5, 5.41) is 12.0. The molecule has 0 radical (unpaired) electrons. The molecule has 20 heavy (non-hydrogen) atoms. The van der Waals surface area contributed by atoms with Crippen LogP contribution in [0, 0.1) is 11.3 Å². The molecule has 1 aromatic heterocycles. The van der Waals surface area contributed by atoms with E-state index in [9.17, 15) is 0 Å². The summed E-state index contributed by atoms with van der Waals surface area (Å²) in [5.41, 5.74) is 9.97. The van der Waals surface area contributed by atoms with Crippen LogP contribution in [-0.4, -0.2) is 9.97 Å². The maximum Gasteiger partial charge on any atom is 0.201 e. The van der Waals surface area contributed by atoms with Gasteiger partial charge in [-0.3, -0.25) is 0 Å². The smallest absolute Gasteiger partial charge is 0.201 e. The van der Waals surface area contributed by atoms with E-state index < -0.39 is 0 Å². The topological polar surface area (TPSA) is 90.5 Å². The maximum absolute atomic E-state index is 8.75. The van der Waals surface area contributed by atoms with Crippen LogP contribution in [0.15, 0.2) is 42.5 Å². The molecule has 0 saturated carbocycles. The van der Waals surface area contributed by atoms with Crippen molar-refractivity contribution in [1.29, 1.82) is 5.26 Å². The van der Waals surface area contributed by atoms with E-state index in [1.807, 2.05) is 30.3 Å². The average molecular weight is 263 g/mol. The first kappa shape index (κ1) is 12.1. The minimum absolute atomic E-state index is 0.640. The summed E-state index contributed by atoms with van der Waals surface area (Å²) in [5.74, 6) is 0.704. The number of nitrogen functional groups attached to an aromatic ring is 1. The van der Waals surface area contributed by atoms with Crippen molar-refractivity contribution in [2.24, 2.45) is 0 Å². The molecule has 0 spiro atoms. The molecule has 0 aliphatic carbocycles. The van der Waals surface area contributed by atoms with Crippen molar-refractivity contribution in [3.05, 3.63) is 53.6 Å². The first-order valence-electron chi connectivity index (χ1n) is 6.23. The minimum atomic E-state index is 0.640. The number of imidazole rings is 1. The zero-order valence-corrected chi connectivity index (χ0v) is 10.7. The Morgan fingerprint density at radius 2 is 2.00 bits per heavy atom. The van der Waals surface area contributed by atoms with E-state index in [-0.39, 0.29) is 0 Å². The van der Waals surface area contributed by atoms with Gasteiger partial charge in [0.2, 0.25) is 5.95 Å². The van der Waals surface area contributed by atoms with Crippen LogP contribution in [0.2, 0.25) is 0 Å². The lowest BCUT2D eigenvalue weighted by Crippen LogP contribution is -2.00. The number of H-pyrrole nitrogens is 1. The molecule has 98 valence electrons. The van der Waals surface area contributed by atoms with Gasteiger partial charge in [-0.25, -0.2) is 4.98 Å². The van der Waals surface area contributed by atoms with E-state index in [4.69, 9.17) is 11.0 Å². The Kier molecular flexibility index (Phi) is 2.98. The van der Waals surface area contributed by atoms with Crippen LogP contribution in [0.4, 0.5) is 11.6 Å². The Hall–Kier alpha value is -3.00. The number of nitriles is 1. The number of hydrogen-bond donors (Lipinski definition) is 3. The minimum Gasteiger partial charge on any atom is -0.399 e. The standard InChI is InChI=1S/C15H13N5/c16-8-10-1-3-11(4-2-10)9-18-15-19-13-6-5-12(17)7-14(13)20-15/h1-7H,9,17H2,(H2,18,19,20). The van der Waals surface area contributed by atoms with Crippen LogP contribution in [-0.2, 0) is 6.54 Å². The Morgan fingerprint density at radius 1 is 1.20 bits per heavy atom. The number of nitrogens with two attached hydrogens (primary N) is 1. The quantitative estimate of drug-likeness (QED) is 0.633. The molecule has 0 atom stereocenters. The molecule has 2 aromatic carbocycles. The second-order valence-electron chi connectivity index (χ2n) is 4.52. The predicted octanol–water partition coefficient (Wildman–Crippen LogP) is 2.63. The van der Waals surface area contributed by atoms with Crippen molar-refractivity contribution in [2.75, 3.05) is 11.1 Å². The zero-order valence-electron chi connectivity index (χ0n) is 10.7. The van der Waals surface area contributed by atoms with Crippen molar-refractivity contribution in [3.63, 3.8) is 0 Å². The number of fused-ring (bicyclic) bond motifs is 1. The van der Waals surface area contributed by atoms with E-state index >= 15 is 0 Å². The van der Waals surface area contributed by atoms with Gasteiger partial charge in [0.25, 0.3) is 0 Å². The number of nitrogens with zero attached hydrogens (tertiary/aromatic N) is 2. The Morgan fingerprint density at radius 3 is 2.75 bits per heavy atom. The fourth-order valence-electron chi connectivity index (χ4n) is 1.99. The molecule has 3 rings (SSSR count). The summed E-state index contributed by atoms with van der Waals surface area (Å²) < 4.78 is 0. The molecule has 3 aromatic rings. The number of rotatable bonds is 3. The van der Waals surface area contributed by atoms with E-state index in [2.05, 4.69) is 21.4 Å². The summed E-state index contributed by atoms with van der Waals surface area (Å²) in [6.45, 7) is 0.640. The van der Waals surface area contributed by atoms with E-state index in [0.717, 1.165) is 16.6 Å². The fourth-order valence-corrected chi connectivity index (χ4v) is 1.99. The van der Waals surface area contributed by atoms with Crippen LogP contribution in [0.5, 0.6) is 0 Å². The summed E-state index contributed by atoms with van der Waals surface area (Å²) in [6, 6.07) is 15.1. The number of hydrogen-bond acceptors (Lipinski definition) is 4. The van der Waals surface area contributed by atoms with Crippen LogP contribution < -0.4 is 11.1 Å². The lowest BCUT2D eigenvalue weighted by atomic mass is 10.1. The van der Waals surface area contributed by atoms with Crippen molar-refractivity contribution >= 4 is 22.7 Å². The van der Waals surface area contributed by atoms with Gasteiger partial charge in [0, 0.05) is 12.2 Å². The van der Waals surface area contributed by atoms with Crippen molar-refractivity contribution in [2.45, 2.75) is 6.54 Å². The Labute approximate surface area is 116 Å². The van der Waals surface area contributed by atoms with Gasteiger partial charge in [0.1, 0.15) is 0 Å². The van der Waals surface area contributed by atoms with Gasteiger partial charge in [0.05, 0.1) is 22.7 Å². The maximum atomic E-state index is 8.75. The van der Waals surface area contributed by atoms with E-state index in [1.165, 1.54) is 0 Å². The monoisotopic (exact) mass is 263 g/mol. The van der Waals surface area contributed by atoms with Crippen LogP contribution in [0.25, 0.3) is 11.0 Å². The van der Waals surface area contributed by atoms with Crippen LogP contribution >= 0.6 is 0 Å². The molecule has 0 unspecified atom stereocenters. The lowest BCUT2D eigenvalue weighted by Gasteiger charge is -2.02. The van der Waals surface area contributed by atoms with E-state index in [1.54, 1.807) is 12.1 Å². The predicted molar refractivity (Wildman–Crippen MR) is 79.0 cm³/mol. The normalized spacial score (nSPS) is 10.3. The first-order valence-corrected chi connectivity index (χ1v) is 6.23. The van der Waals surface area contributed by atoms with Gasteiger partial charge in [0.15, 0.2) is 0 Å². The fraction of sp³-hybridized carbons (Fsp3) is 0.0667. The highest BCUT2D eigenvalue weighted by Gasteiger charge is 2.02. The summed E-state index contributed by atoms with van der Waals surface area (Å²) in [7, 11) is 0. The molecular formula is C15H13N5. The number of nitrogens with one attached hydrogen (secondary N) is 2. The lowest BCUT2D eigenvalue weighted by molar-refractivity contribution is 1.10. The molecule has 5 nitrogen and oxygen atoms in total. The molecule has 0 aliphatic rings. The number of aromatic nitrogens is 2. The SMILES string of the molecule is N#Cc1ccc(CNc2nc3ccc(N)cc3[nH]2)cc1. The molecule has 5 heteroatoms. The molecule has 0 fully saturated rings. The summed E-state index contributed by atoms with van der Waals surface area (Å²) in [6.07, 6.45) is 0. The largest absolute Gasteiger partial charge is 0.399 e. The Bertz CT molecular complexity index is 780. The summed E-state index contributed by atoms with van der Waals surface area (Å²) in [4.78, 5) is 7.60. The third kappa shape index (κ3) is 2.40. The molecule has 0 amide bonds. The first-order chi connectivity index (χ1) is 9.74. The van der Waals surface area contributed by atoms with Crippen LogP contribution in [0.3, 0.4) is 0 Å². The van der Waals surface area contributed by atoms with Crippen LogP contribution in [0.1, 0.15) is 11.1 Å². The van der Waals surface area contributed by atoms with Gasteiger partial charge < -0.3 is 16.0 Å². The molecule has 1 heterocycles.